The highest BCUT2D eigenvalue weighted by molar-refractivity contribution is 5.29. The first kappa shape index (κ1) is 16.1. The first-order valence-corrected chi connectivity index (χ1v) is 6.40. The second-order valence-corrected chi connectivity index (χ2v) is 4.55. The van der Waals surface area contributed by atoms with E-state index in [1.54, 1.807) is 0 Å². The normalized spacial score (nSPS) is 11.5. The van der Waals surface area contributed by atoms with Crippen LogP contribution in [0.3, 0.4) is 0 Å². The van der Waals surface area contributed by atoms with Crippen molar-refractivity contribution in [3.05, 3.63) is 53.4 Å². The molecule has 22 heavy (non-hydrogen) atoms. The summed E-state index contributed by atoms with van der Waals surface area (Å²) in [5.41, 5.74) is 0.291. The number of halogens is 5. The minimum absolute atomic E-state index is 0.0586. The predicted molar refractivity (Wildman–Crippen MR) is 70.1 cm³/mol. The second kappa shape index (κ2) is 6.67. The molecule has 1 aromatic heterocycles. The Morgan fingerprint density at radius 3 is 2.59 bits per heavy atom. The monoisotopic (exact) mass is 317 g/mol. The Labute approximate surface area is 123 Å². The molecule has 3 nitrogen and oxygen atoms in total. The lowest BCUT2D eigenvalue weighted by atomic mass is 10.2. The van der Waals surface area contributed by atoms with Gasteiger partial charge in [0.2, 0.25) is 5.95 Å². The SMILES string of the molecule is Fc1cccc(CNc2nccc(CCC(F)(F)F)n2)c1F. The molecule has 1 N–H and O–H groups in total. The van der Waals surface area contributed by atoms with Crippen LogP contribution in [0.4, 0.5) is 27.9 Å². The van der Waals surface area contributed by atoms with Gasteiger partial charge in [0.25, 0.3) is 0 Å². The first-order chi connectivity index (χ1) is 10.3. The quantitative estimate of drug-likeness (QED) is 0.851. The molecule has 2 aromatic rings. The summed E-state index contributed by atoms with van der Waals surface area (Å²) in [6.45, 7) is -0.0771. The molecule has 2 rings (SSSR count). The summed E-state index contributed by atoms with van der Waals surface area (Å²) < 4.78 is 63.0. The number of rotatable bonds is 5. The maximum absolute atomic E-state index is 13.5. The Bertz CT molecular complexity index is 643. The molecule has 0 unspecified atom stereocenters. The molecule has 0 bridgehead atoms. The van der Waals surface area contributed by atoms with Crippen LogP contribution in [0, 0.1) is 11.6 Å². The molecule has 1 heterocycles. The molecule has 0 spiro atoms. The summed E-state index contributed by atoms with van der Waals surface area (Å²) >= 11 is 0. The van der Waals surface area contributed by atoms with Crippen molar-refractivity contribution < 1.29 is 22.0 Å². The summed E-state index contributed by atoms with van der Waals surface area (Å²) in [5.74, 6) is -1.90. The largest absolute Gasteiger partial charge is 0.389 e. The number of benzene rings is 1. The third kappa shape index (κ3) is 4.64. The zero-order valence-electron chi connectivity index (χ0n) is 11.3. The van der Waals surface area contributed by atoms with Gasteiger partial charge in [0.05, 0.1) is 0 Å². The van der Waals surface area contributed by atoms with Crippen molar-refractivity contribution in [2.75, 3.05) is 5.32 Å². The number of hydrogen-bond donors (Lipinski definition) is 1. The Morgan fingerprint density at radius 2 is 1.86 bits per heavy atom. The average Bonchev–Trinajstić information content (AvgIpc) is 2.46. The fraction of sp³-hybridized carbons (Fsp3) is 0.286. The fourth-order valence-corrected chi connectivity index (χ4v) is 1.75. The molecular formula is C14H12F5N3. The van der Waals surface area contributed by atoms with Crippen LogP contribution >= 0.6 is 0 Å². The van der Waals surface area contributed by atoms with Crippen molar-refractivity contribution >= 4 is 5.95 Å². The lowest BCUT2D eigenvalue weighted by Crippen LogP contribution is -2.11. The van der Waals surface area contributed by atoms with E-state index in [4.69, 9.17) is 0 Å². The average molecular weight is 317 g/mol. The number of hydrogen-bond acceptors (Lipinski definition) is 3. The highest BCUT2D eigenvalue weighted by Crippen LogP contribution is 2.21. The molecule has 0 atom stereocenters. The fourth-order valence-electron chi connectivity index (χ4n) is 1.75. The van der Waals surface area contributed by atoms with E-state index in [1.807, 2.05) is 0 Å². The van der Waals surface area contributed by atoms with Crippen molar-refractivity contribution in [3.63, 3.8) is 0 Å². The van der Waals surface area contributed by atoms with E-state index in [-0.39, 0.29) is 30.2 Å². The van der Waals surface area contributed by atoms with Gasteiger partial charge >= 0.3 is 6.18 Å². The van der Waals surface area contributed by atoms with E-state index in [1.165, 1.54) is 24.4 Å². The van der Waals surface area contributed by atoms with Gasteiger partial charge in [-0.3, -0.25) is 0 Å². The highest BCUT2D eigenvalue weighted by Gasteiger charge is 2.26. The minimum atomic E-state index is -4.26. The lowest BCUT2D eigenvalue weighted by molar-refractivity contribution is -0.134. The van der Waals surface area contributed by atoms with Crippen LogP contribution in [0.2, 0.25) is 0 Å². The van der Waals surface area contributed by atoms with E-state index >= 15 is 0 Å². The lowest BCUT2D eigenvalue weighted by Gasteiger charge is -2.08. The maximum Gasteiger partial charge on any atom is 0.389 e. The Kier molecular flexibility index (Phi) is 4.89. The molecule has 0 saturated carbocycles. The highest BCUT2D eigenvalue weighted by atomic mass is 19.4. The van der Waals surface area contributed by atoms with Gasteiger partial charge in [-0.2, -0.15) is 13.2 Å². The Balaban J connectivity index is 2.00. The van der Waals surface area contributed by atoms with Crippen molar-refractivity contribution in [3.8, 4) is 0 Å². The second-order valence-electron chi connectivity index (χ2n) is 4.55. The number of anilines is 1. The molecule has 0 radical (unpaired) electrons. The number of nitrogens with one attached hydrogen (secondary N) is 1. The van der Waals surface area contributed by atoms with Gasteiger partial charge in [0, 0.05) is 30.4 Å². The molecule has 0 aliphatic rings. The van der Waals surface area contributed by atoms with Crippen LogP contribution in [0.15, 0.2) is 30.5 Å². The van der Waals surface area contributed by atoms with Crippen LogP contribution in [0.1, 0.15) is 17.7 Å². The Hall–Kier alpha value is -2.25. The van der Waals surface area contributed by atoms with Crippen LogP contribution < -0.4 is 5.32 Å². The molecule has 0 amide bonds. The van der Waals surface area contributed by atoms with E-state index in [0.29, 0.717) is 0 Å². The summed E-state index contributed by atoms with van der Waals surface area (Å²) in [6, 6.07) is 5.11. The number of aromatic nitrogens is 2. The van der Waals surface area contributed by atoms with Gasteiger partial charge in [0.15, 0.2) is 11.6 Å². The molecule has 0 aliphatic carbocycles. The van der Waals surface area contributed by atoms with Crippen molar-refractivity contribution in [1.82, 2.24) is 9.97 Å². The van der Waals surface area contributed by atoms with E-state index in [0.717, 1.165) is 6.07 Å². The number of aryl methyl sites for hydroxylation is 1. The van der Waals surface area contributed by atoms with Gasteiger partial charge in [-0.25, -0.2) is 18.7 Å². The first-order valence-electron chi connectivity index (χ1n) is 6.40. The summed E-state index contributed by atoms with van der Waals surface area (Å²) in [6.07, 6.45) is -4.21. The van der Waals surface area contributed by atoms with E-state index in [2.05, 4.69) is 15.3 Å². The van der Waals surface area contributed by atoms with E-state index < -0.39 is 24.2 Å². The molecule has 118 valence electrons. The van der Waals surface area contributed by atoms with Crippen LogP contribution in [0.25, 0.3) is 0 Å². The van der Waals surface area contributed by atoms with Gasteiger partial charge < -0.3 is 5.32 Å². The maximum atomic E-state index is 13.5. The zero-order valence-corrected chi connectivity index (χ0v) is 11.3. The van der Waals surface area contributed by atoms with Crippen molar-refractivity contribution in [1.29, 1.82) is 0 Å². The summed E-state index contributed by atoms with van der Waals surface area (Å²) in [7, 11) is 0. The van der Waals surface area contributed by atoms with Crippen LogP contribution in [-0.4, -0.2) is 16.1 Å². The minimum Gasteiger partial charge on any atom is -0.350 e. The molecule has 8 heteroatoms. The number of nitrogens with zero attached hydrogens (tertiary/aromatic N) is 2. The van der Waals surface area contributed by atoms with Crippen LogP contribution in [-0.2, 0) is 13.0 Å². The summed E-state index contributed by atoms with van der Waals surface area (Å²) in [4.78, 5) is 7.74. The third-order valence-electron chi connectivity index (χ3n) is 2.85. The Morgan fingerprint density at radius 1 is 1.09 bits per heavy atom. The van der Waals surface area contributed by atoms with Gasteiger partial charge in [-0.15, -0.1) is 0 Å². The van der Waals surface area contributed by atoms with Crippen molar-refractivity contribution in [2.45, 2.75) is 25.6 Å². The molecule has 0 saturated heterocycles. The van der Waals surface area contributed by atoms with Gasteiger partial charge in [-0.05, 0) is 18.6 Å². The predicted octanol–water partition coefficient (Wildman–Crippen LogP) is 3.86. The van der Waals surface area contributed by atoms with Crippen LogP contribution in [0.5, 0.6) is 0 Å². The zero-order chi connectivity index (χ0) is 16.2. The summed E-state index contributed by atoms with van der Waals surface area (Å²) in [5, 5.41) is 2.66. The molecule has 0 aliphatic heterocycles. The van der Waals surface area contributed by atoms with Gasteiger partial charge in [-0.1, -0.05) is 12.1 Å². The third-order valence-corrected chi connectivity index (χ3v) is 2.85. The standard InChI is InChI=1S/C14H12F5N3/c15-11-3-1-2-9(12(11)16)8-21-13-20-7-5-10(22-13)4-6-14(17,18)19/h1-3,5,7H,4,6,8H2,(H,20,21,22). The topological polar surface area (TPSA) is 37.8 Å². The number of alkyl halides is 3. The molecular weight excluding hydrogens is 305 g/mol. The van der Waals surface area contributed by atoms with Crippen molar-refractivity contribution in [2.24, 2.45) is 0 Å². The molecule has 0 fully saturated rings. The smallest absolute Gasteiger partial charge is 0.350 e. The van der Waals surface area contributed by atoms with E-state index in [9.17, 15) is 22.0 Å². The van der Waals surface area contributed by atoms with Gasteiger partial charge in [0.1, 0.15) is 0 Å². The molecule has 1 aromatic carbocycles.